The van der Waals surface area contributed by atoms with E-state index in [0.29, 0.717) is 0 Å². The predicted octanol–water partition coefficient (Wildman–Crippen LogP) is 4.00. The third-order valence-corrected chi connectivity index (χ3v) is 2.97. The second-order valence-electron chi connectivity index (χ2n) is 4.54. The van der Waals surface area contributed by atoms with Crippen LogP contribution in [0.25, 0.3) is 0 Å². The normalized spacial score (nSPS) is 9.79. The molecule has 0 aliphatic heterocycles. The number of hydrogen-bond acceptors (Lipinski definition) is 2. The summed E-state index contributed by atoms with van der Waals surface area (Å²) < 4.78 is 0. The molecule has 0 radical (unpaired) electrons. The Kier molecular flexibility index (Phi) is 9.91. The molecule has 108 valence electrons. The van der Waals surface area contributed by atoms with E-state index < -0.39 is 0 Å². The fourth-order valence-corrected chi connectivity index (χ4v) is 1.88. The van der Waals surface area contributed by atoms with E-state index in [2.05, 4.69) is 67.6 Å². The van der Waals surface area contributed by atoms with Crippen LogP contribution in [0.1, 0.15) is 33.3 Å². The molecule has 0 N–H and O–H groups in total. The molecule has 0 saturated heterocycles. The predicted molar refractivity (Wildman–Crippen MR) is 86.2 cm³/mol. The van der Waals surface area contributed by atoms with Crippen molar-refractivity contribution in [1.82, 2.24) is 9.80 Å². The molecule has 0 heterocycles. The van der Waals surface area contributed by atoms with Crippen molar-refractivity contribution in [1.29, 1.82) is 0 Å². The lowest BCUT2D eigenvalue weighted by molar-refractivity contribution is 0.264. The second kappa shape index (κ2) is 10.6. The van der Waals surface area contributed by atoms with E-state index in [9.17, 15) is 0 Å². The highest BCUT2D eigenvalue weighted by atomic mass is 15.2. The highest BCUT2D eigenvalue weighted by Gasteiger charge is 2.04. The van der Waals surface area contributed by atoms with Gasteiger partial charge in [0.15, 0.2) is 0 Å². The number of rotatable bonds is 7. The summed E-state index contributed by atoms with van der Waals surface area (Å²) in [7, 11) is 2.17. The van der Waals surface area contributed by atoms with Gasteiger partial charge in [0.1, 0.15) is 0 Å². The Labute approximate surface area is 119 Å². The number of allylic oxidation sites excluding steroid dienone is 1. The van der Waals surface area contributed by atoms with Gasteiger partial charge in [-0.3, -0.25) is 0 Å². The molecule has 19 heavy (non-hydrogen) atoms. The van der Waals surface area contributed by atoms with Crippen molar-refractivity contribution in [3.05, 3.63) is 48.2 Å². The van der Waals surface area contributed by atoms with Gasteiger partial charge in [-0.15, -0.1) is 0 Å². The SMILES string of the molecule is C=C(C)N(CC)CCN(C)Cc1ccccc1.CC. The first kappa shape index (κ1) is 17.7. The lowest BCUT2D eigenvalue weighted by atomic mass is 10.2. The summed E-state index contributed by atoms with van der Waals surface area (Å²) in [6.07, 6.45) is 0. The number of hydrogen-bond donors (Lipinski definition) is 0. The third-order valence-electron chi connectivity index (χ3n) is 2.97. The minimum Gasteiger partial charge on any atom is -0.375 e. The highest BCUT2D eigenvalue weighted by Crippen LogP contribution is 2.04. The van der Waals surface area contributed by atoms with Crippen LogP contribution in [0, 0.1) is 0 Å². The lowest BCUT2D eigenvalue weighted by Gasteiger charge is -2.26. The molecule has 1 aromatic carbocycles. The highest BCUT2D eigenvalue weighted by molar-refractivity contribution is 5.14. The van der Waals surface area contributed by atoms with Gasteiger partial charge in [0.2, 0.25) is 0 Å². The zero-order valence-corrected chi connectivity index (χ0v) is 13.3. The van der Waals surface area contributed by atoms with Crippen molar-refractivity contribution in [2.75, 3.05) is 26.7 Å². The fraction of sp³-hybridized carbons (Fsp3) is 0.529. The van der Waals surface area contributed by atoms with Crippen molar-refractivity contribution in [3.63, 3.8) is 0 Å². The molecule has 0 bridgehead atoms. The van der Waals surface area contributed by atoms with Crippen LogP contribution in [0.2, 0.25) is 0 Å². The van der Waals surface area contributed by atoms with Crippen LogP contribution >= 0.6 is 0 Å². The van der Waals surface area contributed by atoms with E-state index in [0.717, 1.165) is 31.9 Å². The average molecular weight is 262 g/mol. The first-order valence-electron chi connectivity index (χ1n) is 7.26. The molecule has 0 fully saturated rings. The van der Waals surface area contributed by atoms with Gasteiger partial charge in [0.25, 0.3) is 0 Å². The quantitative estimate of drug-likeness (QED) is 0.733. The maximum Gasteiger partial charge on any atom is 0.0302 e. The molecule has 0 aliphatic rings. The molecular weight excluding hydrogens is 232 g/mol. The van der Waals surface area contributed by atoms with Gasteiger partial charge >= 0.3 is 0 Å². The van der Waals surface area contributed by atoms with Crippen LogP contribution in [-0.2, 0) is 6.54 Å². The maximum atomic E-state index is 4.00. The zero-order valence-electron chi connectivity index (χ0n) is 13.3. The molecule has 1 aromatic rings. The van der Waals surface area contributed by atoms with E-state index in [1.807, 2.05) is 13.8 Å². The van der Waals surface area contributed by atoms with Crippen LogP contribution in [0.5, 0.6) is 0 Å². The number of likely N-dealkylation sites (N-methyl/N-ethyl adjacent to an activating group) is 2. The van der Waals surface area contributed by atoms with Gasteiger partial charge in [-0.1, -0.05) is 50.8 Å². The largest absolute Gasteiger partial charge is 0.375 e. The zero-order chi connectivity index (χ0) is 14.7. The first-order chi connectivity index (χ1) is 9.13. The Morgan fingerprint density at radius 2 is 1.68 bits per heavy atom. The molecular formula is C17H30N2. The molecule has 0 aromatic heterocycles. The Morgan fingerprint density at radius 3 is 2.16 bits per heavy atom. The average Bonchev–Trinajstić information content (AvgIpc) is 2.42. The van der Waals surface area contributed by atoms with Gasteiger partial charge in [0, 0.05) is 31.9 Å². The van der Waals surface area contributed by atoms with E-state index in [4.69, 9.17) is 0 Å². The van der Waals surface area contributed by atoms with Crippen molar-refractivity contribution < 1.29 is 0 Å². The third kappa shape index (κ3) is 7.68. The van der Waals surface area contributed by atoms with Gasteiger partial charge in [-0.2, -0.15) is 0 Å². The van der Waals surface area contributed by atoms with Gasteiger partial charge in [-0.05, 0) is 26.5 Å². The van der Waals surface area contributed by atoms with Crippen LogP contribution in [0.15, 0.2) is 42.6 Å². The molecule has 1 rings (SSSR count). The monoisotopic (exact) mass is 262 g/mol. The van der Waals surface area contributed by atoms with Crippen molar-refractivity contribution in [2.45, 2.75) is 34.2 Å². The van der Waals surface area contributed by atoms with Crippen LogP contribution < -0.4 is 0 Å². The smallest absolute Gasteiger partial charge is 0.0302 e. The van der Waals surface area contributed by atoms with Crippen LogP contribution in [0.4, 0.5) is 0 Å². The first-order valence-corrected chi connectivity index (χ1v) is 7.26. The lowest BCUT2D eigenvalue weighted by Crippen LogP contribution is -2.31. The Morgan fingerprint density at radius 1 is 1.11 bits per heavy atom. The molecule has 0 saturated carbocycles. The summed E-state index contributed by atoms with van der Waals surface area (Å²) in [5.74, 6) is 0. The summed E-state index contributed by atoms with van der Waals surface area (Å²) in [6, 6.07) is 10.6. The molecule has 2 heteroatoms. The van der Waals surface area contributed by atoms with Crippen LogP contribution in [-0.4, -0.2) is 36.5 Å². The minimum atomic E-state index is 1.01. The van der Waals surface area contributed by atoms with Crippen molar-refractivity contribution in [3.8, 4) is 0 Å². The Hall–Kier alpha value is -1.28. The van der Waals surface area contributed by atoms with Gasteiger partial charge in [0.05, 0.1) is 0 Å². The number of nitrogens with zero attached hydrogens (tertiary/aromatic N) is 2. The molecule has 0 aliphatic carbocycles. The van der Waals surface area contributed by atoms with E-state index >= 15 is 0 Å². The van der Waals surface area contributed by atoms with Crippen molar-refractivity contribution in [2.24, 2.45) is 0 Å². The topological polar surface area (TPSA) is 6.48 Å². The minimum absolute atomic E-state index is 1.01. The molecule has 0 unspecified atom stereocenters. The maximum absolute atomic E-state index is 4.00. The summed E-state index contributed by atoms with van der Waals surface area (Å²) >= 11 is 0. The summed E-state index contributed by atoms with van der Waals surface area (Å²) in [5.41, 5.74) is 2.52. The van der Waals surface area contributed by atoms with E-state index in [1.54, 1.807) is 0 Å². The summed E-state index contributed by atoms with van der Waals surface area (Å²) in [6.45, 7) is 16.4. The Bertz CT molecular complexity index is 332. The fourth-order valence-electron chi connectivity index (χ4n) is 1.88. The van der Waals surface area contributed by atoms with Gasteiger partial charge in [-0.25, -0.2) is 0 Å². The summed E-state index contributed by atoms with van der Waals surface area (Å²) in [5, 5.41) is 0. The standard InChI is InChI=1S/C15H24N2.C2H6/c1-5-17(14(2)3)12-11-16(4)13-15-9-7-6-8-10-15;1-2/h6-10H,2,5,11-13H2,1,3-4H3;1-2H3. The van der Waals surface area contributed by atoms with Gasteiger partial charge < -0.3 is 9.80 Å². The molecule has 0 atom stereocenters. The van der Waals surface area contributed by atoms with E-state index in [-0.39, 0.29) is 0 Å². The van der Waals surface area contributed by atoms with Crippen LogP contribution in [0.3, 0.4) is 0 Å². The molecule has 0 spiro atoms. The molecule has 2 nitrogen and oxygen atoms in total. The molecule has 0 amide bonds. The summed E-state index contributed by atoms with van der Waals surface area (Å²) in [4.78, 5) is 4.66. The number of benzene rings is 1. The second-order valence-corrected chi connectivity index (χ2v) is 4.54. The Balaban J connectivity index is 0.00000154. The van der Waals surface area contributed by atoms with E-state index in [1.165, 1.54) is 5.56 Å². The van der Waals surface area contributed by atoms with Crippen molar-refractivity contribution >= 4 is 0 Å².